The first-order valence-corrected chi connectivity index (χ1v) is 2.91. The minimum Gasteiger partial charge on any atom is -0.479 e. The van der Waals surface area contributed by atoms with Crippen LogP contribution < -0.4 is 5.32 Å². The summed E-state index contributed by atoms with van der Waals surface area (Å²) in [4.78, 5) is 9.94. The zero-order chi connectivity index (χ0) is 7.98. The largest absolute Gasteiger partial charge is 0.479 e. The molecule has 0 heterocycles. The Balaban J connectivity index is 3.21. The number of carboxylic acids is 1. The van der Waals surface area contributed by atoms with Crippen molar-refractivity contribution < 1.29 is 20.1 Å². The van der Waals surface area contributed by atoms with E-state index in [0.717, 1.165) is 0 Å². The topological polar surface area (TPSA) is 89.8 Å². The van der Waals surface area contributed by atoms with Gasteiger partial charge in [-0.2, -0.15) is 0 Å². The first-order chi connectivity index (χ1) is 4.68. The van der Waals surface area contributed by atoms with Gasteiger partial charge >= 0.3 is 5.97 Å². The average molecular weight is 149 g/mol. The Morgan fingerprint density at radius 1 is 1.60 bits per heavy atom. The molecule has 0 aliphatic rings. The van der Waals surface area contributed by atoms with E-state index in [-0.39, 0.29) is 13.2 Å². The van der Waals surface area contributed by atoms with Crippen LogP contribution in [0.2, 0.25) is 0 Å². The molecule has 0 aromatic heterocycles. The van der Waals surface area contributed by atoms with Crippen molar-refractivity contribution in [3.05, 3.63) is 0 Å². The molecule has 10 heavy (non-hydrogen) atoms. The molecule has 0 aromatic carbocycles. The molecule has 1 unspecified atom stereocenters. The van der Waals surface area contributed by atoms with Gasteiger partial charge in [0, 0.05) is 13.1 Å². The van der Waals surface area contributed by atoms with Crippen molar-refractivity contribution in [3.63, 3.8) is 0 Å². The first-order valence-electron chi connectivity index (χ1n) is 2.91. The standard InChI is InChI=1S/C5H11NO4/c7-2-1-6-3-4(8)5(9)10/h4,6-8H,1-3H2,(H,9,10). The molecule has 0 saturated heterocycles. The molecule has 1 atom stereocenters. The van der Waals surface area contributed by atoms with Crippen LogP contribution in [0.4, 0.5) is 0 Å². The Labute approximate surface area is 58.3 Å². The molecule has 0 aliphatic heterocycles. The summed E-state index contributed by atoms with van der Waals surface area (Å²) in [6.45, 7) is 0.201. The molecular formula is C5H11NO4. The molecule has 0 amide bonds. The molecule has 0 aromatic rings. The Morgan fingerprint density at radius 3 is 2.60 bits per heavy atom. The van der Waals surface area contributed by atoms with Gasteiger partial charge in [-0.25, -0.2) is 4.79 Å². The molecule has 0 spiro atoms. The summed E-state index contributed by atoms with van der Waals surface area (Å²) < 4.78 is 0. The lowest BCUT2D eigenvalue weighted by atomic mass is 10.3. The fraction of sp³-hybridized carbons (Fsp3) is 0.800. The van der Waals surface area contributed by atoms with Crippen LogP contribution in [-0.4, -0.2) is 47.1 Å². The molecule has 0 fully saturated rings. The van der Waals surface area contributed by atoms with E-state index in [9.17, 15) is 4.79 Å². The van der Waals surface area contributed by atoms with E-state index in [2.05, 4.69) is 5.32 Å². The van der Waals surface area contributed by atoms with Gasteiger partial charge in [-0.05, 0) is 0 Å². The van der Waals surface area contributed by atoms with Gasteiger partial charge in [-0.1, -0.05) is 0 Å². The third-order valence-electron chi connectivity index (χ3n) is 0.911. The van der Waals surface area contributed by atoms with Gasteiger partial charge in [0.1, 0.15) is 0 Å². The van der Waals surface area contributed by atoms with Gasteiger partial charge in [0.25, 0.3) is 0 Å². The molecule has 5 nitrogen and oxygen atoms in total. The van der Waals surface area contributed by atoms with Gasteiger partial charge in [-0.3, -0.25) is 0 Å². The highest BCUT2D eigenvalue weighted by molar-refractivity contribution is 5.72. The van der Waals surface area contributed by atoms with Gasteiger partial charge < -0.3 is 20.6 Å². The number of nitrogens with one attached hydrogen (secondary N) is 1. The molecular weight excluding hydrogens is 138 g/mol. The van der Waals surface area contributed by atoms with E-state index < -0.39 is 12.1 Å². The Morgan fingerprint density at radius 2 is 2.20 bits per heavy atom. The summed E-state index contributed by atoms with van der Waals surface area (Å²) in [7, 11) is 0. The zero-order valence-electron chi connectivity index (χ0n) is 5.45. The Kier molecular flexibility index (Phi) is 4.82. The second-order valence-corrected chi connectivity index (χ2v) is 1.78. The third-order valence-corrected chi connectivity index (χ3v) is 0.911. The maximum Gasteiger partial charge on any atom is 0.333 e. The average Bonchev–Trinajstić information content (AvgIpc) is 1.88. The second-order valence-electron chi connectivity index (χ2n) is 1.78. The lowest BCUT2D eigenvalue weighted by molar-refractivity contribution is -0.146. The van der Waals surface area contributed by atoms with Crippen LogP contribution in [-0.2, 0) is 4.79 Å². The molecule has 0 rings (SSSR count). The predicted molar refractivity (Wildman–Crippen MR) is 33.6 cm³/mol. The van der Waals surface area contributed by atoms with Crippen LogP contribution >= 0.6 is 0 Å². The number of carboxylic acid groups (broad SMARTS) is 1. The van der Waals surface area contributed by atoms with Crippen molar-refractivity contribution in [1.82, 2.24) is 5.32 Å². The highest BCUT2D eigenvalue weighted by Crippen LogP contribution is 1.77. The summed E-state index contributed by atoms with van der Waals surface area (Å²) >= 11 is 0. The number of rotatable bonds is 5. The molecule has 0 radical (unpaired) electrons. The highest BCUT2D eigenvalue weighted by Gasteiger charge is 2.10. The van der Waals surface area contributed by atoms with Crippen LogP contribution in [0, 0.1) is 0 Å². The van der Waals surface area contributed by atoms with Crippen molar-refractivity contribution in [2.24, 2.45) is 0 Å². The maximum absolute atomic E-state index is 9.94. The molecule has 0 bridgehead atoms. The number of hydrogen-bond donors (Lipinski definition) is 4. The van der Waals surface area contributed by atoms with Crippen LogP contribution in [0.3, 0.4) is 0 Å². The van der Waals surface area contributed by atoms with E-state index in [0.29, 0.717) is 6.54 Å². The third kappa shape index (κ3) is 4.25. The lowest BCUT2D eigenvalue weighted by Crippen LogP contribution is -2.34. The van der Waals surface area contributed by atoms with Gasteiger partial charge in [0.15, 0.2) is 6.10 Å². The minimum atomic E-state index is -1.38. The van der Waals surface area contributed by atoms with Crippen LogP contribution in [0.25, 0.3) is 0 Å². The highest BCUT2D eigenvalue weighted by atomic mass is 16.4. The number of aliphatic hydroxyl groups is 2. The number of aliphatic hydroxyl groups excluding tert-OH is 2. The van der Waals surface area contributed by atoms with Crippen molar-refractivity contribution in [3.8, 4) is 0 Å². The molecule has 0 aliphatic carbocycles. The van der Waals surface area contributed by atoms with E-state index in [1.807, 2.05) is 0 Å². The normalized spacial score (nSPS) is 13.0. The maximum atomic E-state index is 9.94. The molecule has 5 heteroatoms. The quantitative estimate of drug-likeness (QED) is 0.340. The lowest BCUT2D eigenvalue weighted by Gasteiger charge is -2.04. The first kappa shape index (κ1) is 9.35. The van der Waals surface area contributed by atoms with Gasteiger partial charge in [0.2, 0.25) is 0 Å². The Bertz CT molecular complexity index is 106. The van der Waals surface area contributed by atoms with Crippen LogP contribution in [0.1, 0.15) is 0 Å². The van der Waals surface area contributed by atoms with E-state index in [4.69, 9.17) is 15.3 Å². The second kappa shape index (κ2) is 5.16. The van der Waals surface area contributed by atoms with Crippen molar-refractivity contribution in [2.45, 2.75) is 6.10 Å². The zero-order valence-corrected chi connectivity index (χ0v) is 5.45. The summed E-state index contributed by atoms with van der Waals surface area (Å²) in [6, 6.07) is 0. The SMILES string of the molecule is O=C(O)C(O)CNCCO. The summed E-state index contributed by atoms with van der Waals surface area (Å²) in [5.41, 5.74) is 0. The summed E-state index contributed by atoms with van der Waals surface area (Å²) in [5.74, 6) is -1.26. The van der Waals surface area contributed by atoms with Gasteiger partial charge in [-0.15, -0.1) is 0 Å². The predicted octanol–water partition coefficient (Wildman–Crippen LogP) is -1.99. The van der Waals surface area contributed by atoms with Crippen molar-refractivity contribution in [1.29, 1.82) is 0 Å². The fourth-order valence-electron chi connectivity index (χ4n) is 0.405. The smallest absolute Gasteiger partial charge is 0.333 e. The molecule has 4 N–H and O–H groups in total. The fourth-order valence-corrected chi connectivity index (χ4v) is 0.405. The van der Waals surface area contributed by atoms with E-state index in [1.54, 1.807) is 0 Å². The summed E-state index contributed by atoms with van der Waals surface area (Å²) in [6.07, 6.45) is -1.38. The number of hydrogen-bond acceptors (Lipinski definition) is 4. The minimum absolute atomic E-state index is 0.0319. The summed E-state index contributed by atoms with van der Waals surface area (Å²) in [5, 5.41) is 27.5. The van der Waals surface area contributed by atoms with Gasteiger partial charge in [0.05, 0.1) is 6.61 Å². The van der Waals surface area contributed by atoms with E-state index >= 15 is 0 Å². The monoisotopic (exact) mass is 149 g/mol. The molecule has 60 valence electrons. The van der Waals surface area contributed by atoms with Crippen molar-refractivity contribution in [2.75, 3.05) is 19.7 Å². The molecule has 0 saturated carbocycles. The van der Waals surface area contributed by atoms with E-state index in [1.165, 1.54) is 0 Å². The number of carbonyl (C=O) groups is 1. The van der Waals surface area contributed by atoms with Crippen molar-refractivity contribution >= 4 is 5.97 Å². The Hall–Kier alpha value is -0.650. The van der Waals surface area contributed by atoms with Crippen LogP contribution in [0.5, 0.6) is 0 Å². The number of aliphatic carboxylic acids is 1. The van der Waals surface area contributed by atoms with Crippen LogP contribution in [0.15, 0.2) is 0 Å².